The maximum Gasteiger partial charge on any atom is 0.254 e. The highest BCUT2D eigenvalue weighted by atomic mass is 32.2. The molecule has 1 saturated heterocycles. The lowest BCUT2D eigenvalue weighted by Gasteiger charge is -2.33. The lowest BCUT2D eigenvalue weighted by Crippen LogP contribution is -2.49. The SMILES string of the molecule is CC(=O)N1CCN(S(=O)(=O)c2cccc(C(=O)N(Cc3ccco3)C3CCCC3)c2)CC1. The lowest BCUT2D eigenvalue weighted by molar-refractivity contribution is -0.129. The molecule has 2 heterocycles. The van der Waals surface area contributed by atoms with Crippen molar-refractivity contribution in [1.82, 2.24) is 14.1 Å². The minimum atomic E-state index is -3.76. The van der Waals surface area contributed by atoms with Gasteiger partial charge in [0.25, 0.3) is 5.91 Å². The third-order valence-corrected chi connectivity index (χ3v) is 8.23. The topological polar surface area (TPSA) is 91.1 Å². The van der Waals surface area contributed by atoms with Crippen LogP contribution in [-0.2, 0) is 21.4 Å². The number of piperazine rings is 1. The highest BCUT2D eigenvalue weighted by Gasteiger charge is 2.32. The summed E-state index contributed by atoms with van der Waals surface area (Å²) >= 11 is 0. The molecular weight excluding hydrogens is 430 g/mol. The van der Waals surface area contributed by atoms with Crippen LogP contribution in [0.25, 0.3) is 0 Å². The molecule has 1 aromatic carbocycles. The number of carbonyl (C=O) groups is 2. The first-order valence-electron chi connectivity index (χ1n) is 11.1. The summed E-state index contributed by atoms with van der Waals surface area (Å²) in [4.78, 5) is 28.6. The van der Waals surface area contributed by atoms with Crippen LogP contribution < -0.4 is 0 Å². The highest BCUT2D eigenvalue weighted by molar-refractivity contribution is 7.89. The van der Waals surface area contributed by atoms with Gasteiger partial charge in [-0.25, -0.2) is 8.42 Å². The minimum Gasteiger partial charge on any atom is -0.467 e. The van der Waals surface area contributed by atoms with Crippen molar-refractivity contribution in [2.75, 3.05) is 26.2 Å². The maximum atomic E-state index is 13.5. The van der Waals surface area contributed by atoms with Gasteiger partial charge in [-0.3, -0.25) is 9.59 Å². The molecule has 1 aromatic heterocycles. The Morgan fingerprint density at radius 2 is 1.78 bits per heavy atom. The summed E-state index contributed by atoms with van der Waals surface area (Å²) in [5.41, 5.74) is 0.354. The molecule has 0 unspecified atom stereocenters. The van der Waals surface area contributed by atoms with Gasteiger partial charge in [0.05, 0.1) is 17.7 Å². The van der Waals surface area contributed by atoms with E-state index in [4.69, 9.17) is 4.42 Å². The molecule has 32 heavy (non-hydrogen) atoms. The van der Waals surface area contributed by atoms with Gasteiger partial charge in [-0.1, -0.05) is 18.9 Å². The van der Waals surface area contributed by atoms with Gasteiger partial charge in [-0.05, 0) is 43.2 Å². The van der Waals surface area contributed by atoms with Crippen molar-refractivity contribution < 1.29 is 22.4 Å². The lowest BCUT2D eigenvalue weighted by atomic mass is 10.1. The van der Waals surface area contributed by atoms with Crippen LogP contribution >= 0.6 is 0 Å². The quantitative estimate of drug-likeness (QED) is 0.662. The molecule has 9 heteroatoms. The van der Waals surface area contributed by atoms with Crippen molar-refractivity contribution in [1.29, 1.82) is 0 Å². The summed E-state index contributed by atoms with van der Waals surface area (Å²) < 4.78 is 33.3. The van der Waals surface area contributed by atoms with E-state index in [1.165, 1.54) is 23.4 Å². The Hall–Kier alpha value is -2.65. The van der Waals surface area contributed by atoms with Gasteiger partial charge >= 0.3 is 0 Å². The molecule has 0 radical (unpaired) electrons. The van der Waals surface area contributed by atoms with Crippen molar-refractivity contribution in [3.8, 4) is 0 Å². The second kappa shape index (κ2) is 9.46. The Morgan fingerprint density at radius 1 is 1.06 bits per heavy atom. The van der Waals surface area contributed by atoms with Crippen LogP contribution in [0.3, 0.4) is 0 Å². The second-order valence-electron chi connectivity index (χ2n) is 8.39. The second-order valence-corrected chi connectivity index (χ2v) is 10.3. The smallest absolute Gasteiger partial charge is 0.254 e. The van der Waals surface area contributed by atoms with E-state index >= 15 is 0 Å². The number of amides is 2. The molecule has 0 atom stereocenters. The predicted octanol–water partition coefficient (Wildman–Crippen LogP) is 2.72. The van der Waals surface area contributed by atoms with Crippen molar-refractivity contribution in [2.45, 2.75) is 50.1 Å². The van der Waals surface area contributed by atoms with Crippen LogP contribution in [0.4, 0.5) is 0 Å². The Kier molecular flexibility index (Phi) is 6.66. The van der Waals surface area contributed by atoms with Gasteiger partial charge in [0.2, 0.25) is 15.9 Å². The molecule has 2 amide bonds. The number of carbonyl (C=O) groups excluding carboxylic acids is 2. The average Bonchev–Trinajstić information content (AvgIpc) is 3.51. The zero-order valence-corrected chi connectivity index (χ0v) is 19.1. The van der Waals surface area contributed by atoms with E-state index in [0.29, 0.717) is 31.0 Å². The van der Waals surface area contributed by atoms with Gasteiger partial charge in [0, 0.05) is 44.7 Å². The van der Waals surface area contributed by atoms with Gasteiger partial charge in [0.15, 0.2) is 0 Å². The summed E-state index contributed by atoms with van der Waals surface area (Å²) in [5.74, 6) is 0.460. The number of hydrogen-bond donors (Lipinski definition) is 0. The maximum absolute atomic E-state index is 13.5. The van der Waals surface area contributed by atoms with E-state index in [9.17, 15) is 18.0 Å². The summed E-state index contributed by atoms with van der Waals surface area (Å²) in [7, 11) is -3.76. The molecule has 0 bridgehead atoms. The Bertz CT molecular complexity index is 1050. The van der Waals surface area contributed by atoms with E-state index in [1.54, 1.807) is 29.4 Å². The Balaban J connectivity index is 1.55. The molecule has 4 rings (SSSR count). The number of furan rings is 1. The molecule has 2 fully saturated rings. The fourth-order valence-corrected chi connectivity index (χ4v) is 5.97. The van der Waals surface area contributed by atoms with Gasteiger partial charge in [-0.2, -0.15) is 4.31 Å². The van der Waals surface area contributed by atoms with E-state index in [0.717, 1.165) is 25.7 Å². The first-order valence-corrected chi connectivity index (χ1v) is 12.5. The number of rotatable bonds is 6. The van der Waals surface area contributed by atoms with Crippen LogP contribution in [0, 0.1) is 0 Å². The molecule has 0 N–H and O–H groups in total. The van der Waals surface area contributed by atoms with E-state index in [2.05, 4.69) is 0 Å². The molecule has 8 nitrogen and oxygen atoms in total. The van der Waals surface area contributed by atoms with E-state index < -0.39 is 10.0 Å². The van der Waals surface area contributed by atoms with Crippen LogP contribution in [0.5, 0.6) is 0 Å². The van der Waals surface area contributed by atoms with Crippen molar-refractivity contribution >= 4 is 21.8 Å². The third kappa shape index (κ3) is 4.73. The zero-order chi connectivity index (χ0) is 22.7. The van der Waals surface area contributed by atoms with E-state index in [-0.39, 0.29) is 35.8 Å². The highest BCUT2D eigenvalue weighted by Crippen LogP contribution is 2.27. The Morgan fingerprint density at radius 3 is 2.41 bits per heavy atom. The fraction of sp³-hybridized carbons (Fsp3) is 0.478. The van der Waals surface area contributed by atoms with Crippen molar-refractivity contribution in [3.63, 3.8) is 0 Å². The standard InChI is InChI=1S/C23H29N3O5S/c1-18(27)24-11-13-25(14-12-24)32(29,30)22-10-4-6-19(16-22)23(28)26(20-7-2-3-8-20)17-21-9-5-15-31-21/h4-6,9-10,15-16,20H,2-3,7-8,11-14,17H2,1H3. The molecule has 1 aliphatic heterocycles. The zero-order valence-electron chi connectivity index (χ0n) is 18.3. The average molecular weight is 460 g/mol. The van der Waals surface area contributed by atoms with Crippen molar-refractivity contribution in [2.24, 2.45) is 0 Å². The van der Waals surface area contributed by atoms with Crippen LogP contribution in [0.1, 0.15) is 48.7 Å². The number of benzene rings is 1. The first kappa shape index (κ1) is 22.5. The number of hydrogen-bond acceptors (Lipinski definition) is 5. The largest absolute Gasteiger partial charge is 0.467 e. The normalized spacial score (nSPS) is 18.1. The van der Waals surface area contributed by atoms with Crippen LogP contribution in [-0.4, -0.2) is 66.6 Å². The third-order valence-electron chi connectivity index (χ3n) is 6.34. The molecule has 2 aliphatic rings. The summed E-state index contributed by atoms with van der Waals surface area (Å²) in [6, 6.07) is 10.0. The van der Waals surface area contributed by atoms with E-state index in [1.807, 2.05) is 11.0 Å². The van der Waals surface area contributed by atoms with Gasteiger partial charge in [-0.15, -0.1) is 0 Å². The Labute approximate surface area is 188 Å². The number of sulfonamides is 1. The monoisotopic (exact) mass is 459 g/mol. The van der Waals surface area contributed by atoms with Gasteiger partial charge < -0.3 is 14.2 Å². The minimum absolute atomic E-state index is 0.0572. The van der Waals surface area contributed by atoms with Gasteiger partial charge in [0.1, 0.15) is 5.76 Å². The summed E-state index contributed by atoms with van der Waals surface area (Å²) in [6.07, 6.45) is 5.61. The molecule has 2 aromatic rings. The molecule has 0 spiro atoms. The predicted molar refractivity (Wildman–Crippen MR) is 118 cm³/mol. The van der Waals surface area contributed by atoms with Crippen molar-refractivity contribution in [3.05, 3.63) is 54.0 Å². The molecule has 1 saturated carbocycles. The summed E-state index contributed by atoms with van der Waals surface area (Å²) in [6.45, 7) is 3.07. The van der Waals surface area contributed by atoms with Crippen LogP contribution in [0.2, 0.25) is 0 Å². The molecular formula is C23H29N3O5S. The summed E-state index contributed by atoms with van der Waals surface area (Å²) in [5, 5.41) is 0. The first-order chi connectivity index (χ1) is 15.4. The molecule has 1 aliphatic carbocycles. The van der Waals surface area contributed by atoms with Crippen LogP contribution in [0.15, 0.2) is 52.0 Å². The molecule has 172 valence electrons. The number of nitrogens with zero attached hydrogens (tertiary/aromatic N) is 3. The fourth-order valence-electron chi connectivity index (χ4n) is 4.50.